The predicted octanol–water partition coefficient (Wildman–Crippen LogP) is 2.58. The standard InChI is InChI=1S/C23H25ClFN9O/c1-33(2)16-8-27-13-5-4-11(17(24)20(13)29-16)19-21-22(32-31-19)30-23(14(9-35)28-21)34-10-3-6-15(34)18(25)12(26)7-10/h4-5,8,10,12,15,18,35H,3,6-7,9,26H2,1-2H3,(H,30,31,32)/t10-,12-,15-,18-/m0/s1. The Hall–Kier alpha value is -3.15. The molecule has 0 radical (unpaired) electrons. The molecule has 4 N–H and O–H groups in total. The first-order valence-corrected chi connectivity index (χ1v) is 11.9. The second-order valence-corrected chi connectivity index (χ2v) is 9.77. The number of nitrogens with two attached hydrogens (primary N) is 1. The normalized spacial score (nSPS) is 24.0. The molecular weight excluding hydrogens is 473 g/mol. The second kappa shape index (κ2) is 8.21. The number of H-pyrrole nitrogens is 1. The number of anilines is 2. The van der Waals surface area contributed by atoms with Crippen molar-refractivity contribution in [3.63, 3.8) is 0 Å². The van der Waals surface area contributed by atoms with Crippen molar-refractivity contribution in [3.05, 3.63) is 29.0 Å². The van der Waals surface area contributed by atoms with E-state index in [1.807, 2.05) is 36.0 Å². The zero-order valence-electron chi connectivity index (χ0n) is 19.3. The Labute approximate surface area is 205 Å². The number of nitrogens with one attached hydrogen (secondary N) is 1. The lowest BCUT2D eigenvalue weighted by molar-refractivity contribution is 0.202. The molecule has 4 atom stereocenters. The number of aromatic amines is 1. The van der Waals surface area contributed by atoms with Gasteiger partial charge in [-0.2, -0.15) is 5.10 Å². The molecule has 0 saturated carbocycles. The third kappa shape index (κ3) is 3.40. The molecule has 182 valence electrons. The number of aliphatic hydroxyl groups is 1. The molecule has 2 bridgehead atoms. The van der Waals surface area contributed by atoms with Gasteiger partial charge in [-0.25, -0.2) is 19.3 Å². The summed E-state index contributed by atoms with van der Waals surface area (Å²) in [6.07, 6.45) is 2.59. The van der Waals surface area contributed by atoms with Crippen LogP contribution in [0.4, 0.5) is 16.0 Å². The number of hydrogen-bond donors (Lipinski definition) is 3. The number of piperidine rings is 1. The van der Waals surface area contributed by atoms with E-state index >= 15 is 0 Å². The highest BCUT2D eigenvalue weighted by Crippen LogP contribution is 2.42. The Morgan fingerprint density at radius 2 is 2.06 bits per heavy atom. The van der Waals surface area contributed by atoms with Crippen molar-refractivity contribution >= 4 is 45.4 Å². The van der Waals surface area contributed by atoms with Gasteiger partial charge in [-0.15, -0.1) is 0 Å². The van der Waals surface area contributed by atoms with Crippen molar-refractivity contribution in [1.82, 2.24) is 30.1 Å². The number of nitrogens with zero attached hydrogens (tertiary/aromatic N) is 7. The molecule has 2 saturated heterocycles. The lowest BCUT2D eigenvalue weighted by atomic mass is 9.96. The number of alkyl halides is 1. The van der Waals surface area contributed by atoms with Crippen LogP contribution in [0.5, 0.6) is 0 Å². The molecule has 35 heavy (non-hydrogen) atoms. The molecule has 2 aliphatic heterocycles. The summed E-state index contributed by atoms with van der Waals surface area (Å²) in [5.41, 5.74) is 9.64. The Bertz CT molecular complexity index is 1440. The van der Waals surface area contributed by atoms with Crippen LogP contribution < -0.4 is 15.5 Å². The molecular formula is C23H25ClFN9O. The summed E-state index contributed by atoms with van der Waals surface area (Å²) in [4.78, 5) is 22.3. The number of halogens is 2. The van der Waals surface area contributed by atoms with Crippen LogP contribution >= 0.6 is 11.6 Å². The van der Waals surface area contributed by atoms with Gasteiger partial charge in [0.15, 0.2) is 5.82 Å². The Morgan fingerprint density at radius 1 is 1.23 bits per heavy atom. The van der Waals surface area contributed by atoms with Gasteiger partial charge in [0.1, 0.15) is 28.7 Å². The van der Waals surface area contributed by atoms with Crippen molar-refractivity contribution in [2.45, 2.75) is 50.2 Å². The lowest BCUT2D eigenvalue weighted by Crippen LogP contribution is -2.56. The number of rotatable bonds is 4. The van der Waals surface area contributed by atoms with E-state index in [4.69, 9.17) is 27.3 Å². The molecule has 0 amide bonds. The molecule has 5 heterocycles. The number of fused-ring (bicyclic) bond motifs is 4. The first-order valence-electron chi connectivity index (χ1n) is 11.5. The van der Waals surface area contributed by atoms with Crippen LogP contribution in [-0.4, -0.2) is 73.6 Å². The average Bonchev–Trinajstić information content (AvgIpc) is 3.42. The topological polar surface area (TPSA) is 133 Å². The van der Waals surface area contributed by atoms with Gasteiger partial charge in [-0.05, 0) is 31.4 Å². The molecule has 2 aliphatic rings. The van der Waals surface area contributed by atoms with Gasteiger partial charge in [0, 0.05) is 31.7 Å². The van der Waals surface area contributed by atoms with Crippen molar-refractivity contribution in [1.29, 1.82) is 0 Å². The maximum absolute atomic E-state index is 14.9. The van der Waals surface area contributed by atoms with Crippen LogP contribution in [0.1, 0.15) is 25.0 Å². The maximum Gasteiger partial charge on any atom is 0.202 e. The Morgan fingerprint density at radius 3 is 2.83 bits per heavy atom. The highest BCUT2D eigenvalue weighted by atomic mass is 35.5. The molecule has 4 aromatic rings. The molecule has 10 nitrogen and oxygen atoms in total. The fraction of sp³-hybridized carbons (Fsp3) is 0.435. The lowest BCUT2D eigenvalue weighted by Gasteiger charge is -2.41. The van der Waals surface area contributed by atoms with E-state index in [-0.39, 0.29) is 18.7 Å². The minimum Gasteiger partial charge on any atom is -0.390 e. The molecule has 2 fully saturated rings. The zero-order chi connectivity index (χ0) is 24.4. The van der Waals surface area contributed by atoms with Crippen LogP contribution in [0.3, 0.4) is 0 Å². The third-order valence-corrected chi connectivity index (χ3v) is 7.45. The van der Waals surface area contributed by atoms with Gasteiger partial charge in [-0.1, -0.05) is 11.6 Å². The van der Waals surface area contributed by atoms with Crippen LogP contribution in [0.25, 0.3) is 33.5 Å². The highest BCUT2D eigenvalue weighted by Gasteiger charge is 2.48. The monoisotopic (exact) mass is 497 g/mol. The van der Waals surface area contributed by atoms with E-state index < -0.39 is 12.2 Å². The summed E-state index contributed by atoms with van der Waals surface area (Å²) in [6.45, 7) is -0.342. The number of hydrogen-bond acceptors (Lipinski definition) is 9. The van der Waals surface area contributed by atoms with Gasteiger partial charge >= 0.3 is 0 Å². The van der Waals surface area contributed by atoms with Crippen molar-refractivity contribution in [2.75, 3.05) is 23.9 Å². The van der Waals surface area contributed by atoms with Crippen molar-refractivity contribution < 1.29 is 9.50 Å². The summed E-state index contributed by atoms with van der Waals surface area (Å²) in [5.74, 6) is 1.14. The summed E-state index contributed by atoms with van der Waals surface area (Å²) in [5, 5.41) is 17.9. The molecule has 1 aromatic carbocycles. The van der Waals surface area contributed by atoms with Crippen LogP contribution in [0, 0.1) is 0 Å². The zero-order valence-corrected chi connectivity index (χ0v) is 20.0. The van der Waals surface area contributed by atoms with Gasteiger partial charge in [0.2, 0.25) is 5.65 Å². The SMILES string of the molecule is CN(C)c1cnc2ccc(-c3[nH]nc4nc(N5[C@H]6CC[C@H]5[C@@H](F)[C@@H](N)C6)c(CO)nc34)c(Cl)c2n1. The summed E-state index contributed by atoms with van der Waals surface area (Å²) in [7, 11) is 3.76. The Kier molecular flexibility index (Phi) is 5.24. The van der Waals surface area contributed by atoms with Gasteiger partial charge in [-0.3, -0.25) is 10.1 Å². The van der Waals surface area contributed by atoms with Gasteiger partial charge in [0.25, 0.3) is 0 Å². The third-order valence-electron chi connectivity index (χ3n) is 7.07. The second-order valence-electron chi connectivity index (χ2n) is 9.39. The predicted molar refractivity (Wildman–Crippen MR) is 132 cm³/mol. The number of benzene rings is 1. The fourth-order valence-electron chi connectivity index (χ4n) is 5.32. The van der Waals surface area contributed by atoms with Crippen LogP contribution in [-0.2, 0) is 6.61 Å². The van der Waals surface area contributed by atoms with E-state index in [0.717, 1.165) is 6.42 Å². The van der Waals surface area contributed by atoms with Crippen molar-refractivity contribution in [3.8, 4) is 11.3 Å². The summed E-state index contributed by atoms with van der Waals surface area (Å²) in [6, 6.07) is 2.87. The number of aliphatic hydroxyl groups excluding tert-OH is 1. The van der Waals surface area contributed by atoms with Gasteiger partial charge < -0.3 is 20.6 Å². The van der Waals surface area contributed by atoms with E-state index in [0.29, 0.717) is 68.6 Å². The molecule has 0 spiro atoms. The van der Waals surface area contributed by atoms with E-state index in [1.54, 1.807) is 6.20 Å². The fourth-order valence-corrected chi connectivity index (χ4v) is 5.62. The number of aromatic nitrogens is 6. The minimum absolute atomic E-state index is 0.0665. The quantitative estimate of drug-likeness (QED) is 0.389. The minimum atomic E-state index is -1.16. The highest BCUT2D eigenvalue weighted by molar-refractivity contribution is 6.38. The van der Waals surface area contributed by atoms with E-state index in [2.05, 4.69) is 20.2 Å². The van der Waals surface area contributed by atoms with Crippen LogP contribution in [0.15, 0.2) is 18.3 Å². The van der Waals surface area contributed by atoms with Crippen molar-refractivity contribution in [2.24, 2.45) is 5.73 Å². The summed E-state index contributed by atoms with van der Waals surface area (Å²) < 4.78 is 14.9. The maximum atomic E-state index is 14.9. The Balaban J connectivity index is 1.47. The molecule has 6 rings (SSSR count). The largest absolute Gasteiger partial charge is 0.390 e. The first-order chi connectivity index (χ1) is 16.9. The molecule has 12 heteroatoms. The molecule has 3 aromatic heterocycles. The first kappa shape index (κ1) is 22.3. The molecule has 0 unspecified atom stereocenters. The smallest absolute Gasteiger partial charge is 0.202 e. The van der Waals surface area contributed by atoms with E-state index in [9.17, 15) is 9.50 Å². The van der Waals surface area contributed by atoms with Crippen LogP contribution in [0.2, 0.25) is 5.02 Å². The average molecular weight is 498 g/mol. The summed E-state index contributed by atoms with van der Waals surface area (Å²) >= 11 is 6.78. The van der Waals surface area contributed by atoms with E-state index in [1.165, 1.54) is 0 Å². The molecule has 0 aliphatic carbocycles. The van der Waals surface area contributed by atoms with Gasteiger partial charge in [0.05, 0.1) is 35.1 Å².